The van der Waals surface area contributed by atoms with Gasteiger partial charge in [0.25, 0.3) is 0 Å². The molecular formula is C21H29ClN2O4. The normalized spacial score (nSPS) is 20.6. The number of methoxy groups -OCH3 is 1. The maximum absolute atomic E-state index is 12.8. The smallest absolute Gasteiger partial charge is 0.227 e. The molecule has 0 aromatic heterocycles. The molecule has 0 aliphatic carbocycles. The third-order valence-corrected chi connectivity index (χ3v) is 5.61. The predicted molar refractivity (Wildman–Crippen MR) is 109 cm³/mol. The molecule has 1 amide bonds. The van der Waals surface area contributed by atoms with Gasteiger partial charge in [-0.2, -0.15) is 0 Å². The van der Waals surface area contributed by atoms with E-state index in [4.69, 9.17) is 25.8 Å². The Bertz CT molecular complexity index is 691. The maximum Gasteiger partial charge on any atom is 0.227 e. The van der Waals surface area contributed by atoms with Gasteiger partial charge in [0.15, 0.2) is 11.5 Å². The third kappa shape index (κ3) is 5.19. The average Bonchev–Trinajstić information content (AvgIpc) is 2.74. The second kappa shape index (κ2) is 10.1. The van der Waals surface area contributed by atoms with Gasteiger partial charge in [-0.05, 0) is 31.0 Å². The van der Waals surface area contributed by atoms with Crippen molar-refractivity contribution in [2.45, 2.75) is 19.4 Å². The van der Waals surface area contributed by atoms with Crippen LogP contribution < -0.4 is 9.47 Å². The number of rotatable bonds is 7. The van der Waals surface area contributed by atoms with Gasteiger partial charge in [0, 0.05) is 37.3 Å². The molecule has 0 N–H and O–H groups in total. The lowest BCUT2D eigenvalue weighted by Crippen LogP contribution is -2.48. The summed E-state index contributed by atoms with van der Waals surface area (Å²) in [4.78, 5) is 17.1. The van der Waals surface area contributed by atoms with Crippen molar-refractivity contribution in [3.8, 4) is 11.5 Å². The van der Waals surface area contributed by atoms with Crippen molar-refractivity contribution in [2.75, 3.05) is 53.1 Å². The van der Waals surface area contributed by atoms with Crippen LogP contribution in [0.1, 0.15) is 18.4 Å². The fourth-order valence-corrected chi connectivity index (χ4v) is 4.02. The zero-order chi connectivity index (χ0) is 19.9. The summed E-state index contributed by atoms with van der Waals surface area (Å²) in [7, 11) is 1.62. The Hall–Kier alpha value is -1.76. The summed E-state index contributed by atoms with van der Waals surface area (Å²) in [5, 5.41) is 0.640. The molecule has 7 heteroatoms. The van der Waals surface area contributed by atoms with Gasteiger partial charge in [-0.1, -0.05) is 24.3 Å². The predicted octanol–water partition coefficient (Wildman–Crippen LogP) is 2.98. The Kier molecular flexibility index (Phi) is 7.59. The van der Waals surface area contributed by atoms with Crippen molar-refractivity contribution in [1.29, 1.82) is 0 Å². The summed E-state index contributed by atoms with van der Waals surface area (Å²) >= 11 is 6.50. The molecule has 0 radical (unpaired) electrons. The first-order valence-electron chi connectivity index (χ1n) is 9.81. The molecule has 0 saturated carbocycles. The number of amides is 1. The van der Waals surface area contributed by atoms with Crippen molar-refractivity contribution >= 4 is 17.5 Å². The first-order valence-corrected chi connectivity index (χ1v) is 10.2. The van der Waals surface area contributed by atoms with E-state index < -0.39 is 0 Å². The van der Waals surface area contributed by atoms with E-state index in [0.29, 0.717) is 56.0 Å². The van der Waals surface area contributed by atoms with Crippen molar-refractivity contribution in [3.05, 3.63) is 35.4 Å². The minimum Gasteiger partial charge on any atom is -0.493 e. The van der Waals surface area contributed by atoms with E-state index in [2.05, 4.69) is 11.5 Å². The molecule has 3 rings (SSSR count). The maximum atomic E-state index is 12.8. The van der Waals surface area contributed by atoms with E-state index in [1.165, 1.54) is 0 Å². The highest BCUT2D eigenvalue weighted by atomic mass is 35.5. The minimum absolute atomic E-state index is 0.0442. The Labute approximate surface area is 172 Å². The molecule has 1 aromatic rings. The fraction of sp³-hybridized carbons (Fsp3) is 0.571. The lowest BCUT2D eigenvalue weighted by molar-refractivity contribution is -0.141. The van der Waals surface area contributed by atoms with Crippen molar-refractivity contribution in [1.82, 2.24) is 9.80 Å². The molecular weight excluding hydrogens is 380 g/mol. The molecule has 1 aromatic carbocycles. The van der Waals surface area contributed by atoms with Crippen molar-refractivity contribution in [2.24, 2.45) is 5.92 Å². The zero-order valence-corrected chi connectivity index (χ0v) is 17.2. The van der Waals surface area contributed by atoms with Crippen LogP contribution in [-0.4, -0.2) is 68.8 Å². The Balaban J connectivity index is 1.65. The summed E-state index contributed by atoms with van der Waals surface area (Å²) < 4.78 is 16.4. The first kappa shape index (κ1) is 21.0. The molecule has 2 aliphatic rings. The Morgan fingerprint density at radius 2 is 2.11 bits per heavy atom. The van der Waals surface area contributed by atoms with Crippen LogP contribution in [0.3, 0.4) is 0 Å². The highest BCUT2D eigenvalue weighted by Crippen LogP contribution is 2.34. The lowest BCUT2D eigenvalue weighted by Gasteiger charge is -2.36. The second-order valence-corrected chi connectivity index (χ2v) is 7.61. The minimum atomic E-state index is 0.0442. The quantitative estimate of drug-likeness (QED) is 0.649. The number of carbonyl (C=O) groups excluding carboxylic acids is 1. The second-order valence-electron chi connectivity index (χ2n) is 7.21. The van der Waals surface area contributed by atoms with Gasteiger partial charge in [0.2, 0.25) is 5.91 Å². The van der Waals surface area contributed by atoms with E-state index in [0.717, 1.165) is 31.5 Å². The van der Waals surface area contributed by atoms with E-state index in [-0.39, 0.29) is 11.8 Å². The largest absolute Gasteiger partial charge is 0.493 e. The van der Waals surface area contributed by atoms with Gasteiger partial charge >= 0.3 is 0 Å². The summed E-state index contributed by atoms with van der Waals surface area (Å²) in [5.74, 6) is 1.56. The molecule has 2 aliphatic heterocycles. The number of morpholine rings is 1. The zero-order valence-electron chi connectivity index (χ0n) is 16.5. The van der Waals surface area contributed by atoms with E-state index >= 15 is 0 Å². The molecule has 1 atom stereocenters. The van der Waals surface area contributed by atoms with Crippen LogP contribution in [0.2, 0.25) is 5.02 Å². The van der Waals surface area contributed by atoms with Gasteiger partial charge in [-0.25, -0.2) is 0 Å². The highest BCUT2D eigenvalue weighted by molar-refractivity contribution is 6.31. The average molecular weight is 409 g/mol. The number of halogens is 1. The topological polar surface area (TPSA) is 51.2 Å². The lowest BCUT2D eigenvalue weighted by atomic mass is 9.96. The number of nitrogens with zero attached hydrogens (tertiary/aromatic N) is 2. The van der Waals surface area contributed by atoms with Crippen LogP contribution >= 0.6 is 11.6 Å². The number of piperidine rings is 1. The van der Waals surface area contributed by atoms with Crippen molar-refractivity contribution in [3.63, 3.8) is 0 Å². The fourth-order valence-electron chi connectivity index (χ4n) is 3.80. The van der Waals surface area contributed by atoms with E-state index in [1.807, 2.05) is 11.0 Å². The highest BCUT2D eigenvalue weighted by Gasteiger charge is 2.30. The molecule has 1 unspecified atom stereocenters. The number of benzene rings is 1. The molecule has 0 spiro atoms. The van der Waals surface area contributed by atoms with E-state index in [9.17, 15) is 4.79 Å². The Morgan fingerprint density at radius 1 is 1.32 bits per heavy atom. The Morgan fingerprint density at radius 3 is 2.82 bits per heavy atom. The van der Waals surface area contributed by atoms with Crippen LogP contribution in [0, 0.1) is 5.92 Å². The molecule has 2 heterocycles. The molecule has 0 bridgehead atoms. The summed E-state index contributed by atoms with van der Waals surface area (Å²) in [5.41, 5.74) is 0.976. The van der Waals surface area contributed by atoms with Crippen LogP contribution in [0.5, 0.6) is 11.5 Å². The number of carbonyl (C=O) groups is 1. The molecule has 2 fully saturated rings. The SMILES string of the molecule is C=CCOc1cc(Cl)c(CN2CCCC(C(=O)N3CCOCC3)C2)cc1OC. The molecule has 154 valence electrons. The van der Waals surface area contributed by atoms with E-state index in [1.54, 1.807) is 19.3 Å². The standard InChI is InChI=1S/C21H29ClN2O4/c1-3-9-28-20-13-18(22)17(12-19(20)26-2)15-23-6-4-5-16(14-23)21(25)24-7-10-27-11-8-24/h3,12-13,16H,1,4-11,14-15H2,2H3. The van der Waals surface area contributed by atoms with Crippen LogP contribution in [0.15, 0.2) is 24.8 Å². The molecule has 2 saturated heterocycles. The van der Waals surface area contributed by atoms with Gasteiger partial charge in [0.05, 0.1) is 26.2 Å². The monoisotopic (exact) mass is 408 g/mol. The molecule has 6 nitrogen and oxygen atoms in total. The number of ether oxygens (including phenoxy) is 3. The van der Waals surface area contributed by atoms with Gasteiger partial charge in [-0.15, -0.1) is 0 Å². The number of hydrogen-bond donors (Lipinski definition) is 0. The van der Waals surface area contributed by atoms with Gasteiger partial charge in [0.1, 0.15) is 6.61 Å². The summed E-state index contributed by atoms with van der Waals surface area (Å²) in [6.07, 6.45) is 3.63. The first-order chi connectivity index (χ1) is 13.6. The van der Waals surface area contributed by atoms with Crippen LogP contribution in [0.25, 0.3) is 0 Å². The van der Waals surface area contributed by atoms with Crippen LogP contribution in [-0.2, 0) is 16.1 Å². The molecule has 28 heavy (non-hydrogen) atoms. The number of likely N-dealkylation sites (tertiary alicyclic amines) is 1. The summed E-state index contributed by atoms with van der Waals surface area (Å²) in [6.45, 7) is 9.12. The van der Waals surface area contributed by atoms with Crippen LogP contribution in [0.4, 0.5) is 0 Å². The van der Waals surface area contributed by atoms with Gasteiger partial charge < -0.3 is 19.1 Å². The summed E-state index contributed by atoms with van der Waals surface area (Å²) in [6, 6.07) is 3.72. The number of hydrogen-bond acceptors (Lipinski definition) is 5. The van der Waals surface area contributed by atoms with Crippen molar-refractivity contribution < 1.29 is 19.0 Å². The third-order valence-electron chi connectivity index (χ3n) is 5.26. The van der Waals surface area contributed by atoms with Gasteiger partial charge in [-0.3, -0.25) is 9.69 Å².